The number of anilines is 2. The van der Waals surface area contributed by atoms with Gasteiger partial charge in [0, 0.05) is 37.1 Å². The molecule has 1 heterocycles. The van der Waals surface area contributed by atoms with Gasteiger partial charge in [0.05, 0.1) is 11.2 Å². The molecule has 3 rings (SSSR count). The molecule has 0 amide bonds. The van der Waals surface area contributed by atoms with Gasteiger partial charge in [-0.3, -0.25) is 0 Å². The number of ether oxygens (including phenoxy) is 1. The molecule has 0 bridgehead atoms. The fourth-order valence-corrected chi connectivity index (χ4v) is 4.41. The molecule has 1 aliphatic carbocycles. The van der Waals surface area contributed by atoms with Crippen molar-refractivity contribution in [2.75, 3.05) is 29.9 Å². The lowest BCUT2D eigenvalue weighted by Crippen LogP contribution is -2.57. The van der Waals surface area contributed by atoms with Crippen LogP contribution in [0.1, 0.15) is 53.4 Å². The lowest BCUT2D eigenvalue weighted by Gasteiger charge is -2.48. The van der Waals surface area contributed by atoms with Crippen molar-refractivity contribution >= 4 is 11.4 Å². The van der Waals surface area contributed by atoms with Crippen LogP contribution in [0, 0.1) is 5.92 Å². The van der Waals surface area contributed by atoms with Crippen LogP contribution in [0.25, 0.3) is 0 Å². The minimum atomic E-state index is -0.124. The summed E-state index contributed by atoms with van der Waals surface area (Å²) in [6.07, 6.45) is 4.86. The molecule has 2 aliphatic rings. The zero-order valence-corrected chi connectivity index (χ0v) is 16.3. The molecule has 2 fully saturated rings. The van der Waals surface area contributed by atoms with E-state index in [0.29, 0.717) is 6.04 Å². The normalized spacial score (nSPS) is 28.6. The Labute approximate surface area is 153 Å². The van der Waals surface area contributed by atoms with Crippen LogP contribution in [0.3, 0.4) is 0 Å². The lowest BCUT2D eigenvalue weighted by molar-refractivity contribution is -0.133. The first kappa shape index (κ1) is 18.5. The van der Waals surface area contributed by atoms with Crippen molar-refractivity contribution in [3.8, 4) is 0 Å². The van der Waals surface area contributed by atoms with Gasteiger partial charge in [-0.05, 0) is 83.6 Å². The Hall–Kier alpha value is -1.26. The molecule has 0 aromatic heterocycles. The third-order valence-corrected chi connectivity index (χ3v) is 5.41. The number of rotatable bonds is 4. The van der Waals surface area contributed by atoms with Crippen LogP contribution >= 0.6 is 0 Å². The summed E-state index contributed by atoms with van der Waals surface area (Å²) in [6, 6.07) is 9.31. The molecule has 0 unspecified atom stereocenters. The summed E-state index contributed by atoms with van der Waals surface area (Å²) in [5.41, 5.74) is 8.24. The first-order chi connectivity index (χ1) is 11.7. The van der Waals surface area contributed by atoms with E-state index in [1.807, 2.05) is 0 Å². The lowest BCUT2D eigenvalue weighted by atomic mass is 9.86. The Morgan fingerprint density at radius 1 is 1.00 bits per heavy atom. The van der Waals surface area contributed by atoms with Crippen molar-refractivity contribution in [3.05, 3.63) is 24.3 Å². The highest BCUT2D eigenvalue weighted by Gasteiger charge is 2.38. The predicted octanol–water partition coefficient (Wildman–Crippen LogP) is 4.01. The number of nitrogens with zero attached hydrogens (tertiary/aromatic N) is 1. The van der Waals surface area contributed by atoms with Crippen molar-refractivity contribution in [1.29, 1.82) is 0 Å². The van der Waals surface area contributed by atoms with E-state index in [4.69, 9.17) is 10.5 Å². The second-order valence-corrected chi connectivity index (χ2v) is 9.19. The van der Waals surface area contributed by atoms with Crippen molar-refractivity contribution in [1.82, 2.24) is 0 Å². The second kappa shape index (κ2) is 7.16. The Morgan fingerprint density at radius 2 is 1.56 bits per heavy atom. The highest BCUT2D eigenvalue weighted by Crippen LogP contribution is 2.32. The average molecular weight is 346 g/mol. The van der Waals surface area contributed by atoms with Crippen molar-refractivity contribution < 1.29 is 4.74 Å². The van der Waals surface area contributed by atoms with Crippen LogP contribution in [0.5, 0.6) is 0 Å². The first-order valence-corrected chi connectivity index (χ1v) is 9.77. The molecule has 0 spiro atoms. The van der Waals surface area contributed by atoms with E-state index in [2.05, 4.69) is 62.2 Å². The van der Waals surface area contributed by atoms with Gasteiger partial charge >= 0.3 is 0 Å². The fourth-order valence-electron chi connectivity index (χ4n) is 4.41. The maximum atomic E-state index is 6.19. The Kier molecular flexibility index (Phi) is 5.31. The van der Waals surface area contributed by atoms with E-state index in [1.165, 1.54) is 37.1 Å². The van der Waals surface area contributed by atoms with E-state index in [1.54, 1.807) is 0 Å². The van der Waals surface area contributed by atoms with E-state index in [-0.39, 0.29) is 11.2 Å². The number of hydrogen-bond acceptors (Lipinski definition) is 4. The topological polar surface area (TPSA) is 50.5 Å². The third kappa shape index (κ3) is 5.11. The molecule has 1 aromatic rings. The largest absolute Gasteiger partial charge is 0.385 e. The van der Waals surface area contributed by atoms with E-state index in [9.17, 15) is 0 Å². The molecule has 4 heteroatoms. The van der Waals surface area contributed by atoms with Crippen molar-refractivity contribution in [3.63, 3.8) is 0 Å². The number of nitrogens with two attached hydrogens (primary N) is 1. The summed E-state index contributed by atoms with van der Waals surface area (Å²) in [7, 11) is 0. The highest BCUT2D eigenvalue weighted by atomic mass is 16.5. The van der Waals surface area contributed by atoms with Crippen LogP contribution < -0.4 is 16.0 Å². The van der Waals surface area contributed by atoms with Crippen LogP contribution in [0.15, 0.2) is 24.3 Å². The van der Waals surface area contributed by atoms with Gasteiger partial charge in [0.25, 0.3) is 0 Å². The molecular weight excluding hydrogens is 310 g/mol. The summed E-state index contributed by atoms with van der Waals surface area (Å²) < 4.78 is 6.19. The molecule has 0 atom stereocenters. The number of hydrogen-bond donors (Lipinski definition) is 2. The van der Waals surface area contributed by atoms with E-state index < -0.39 is 0 Å². The van der Waals surface area contributed by atoms with Gasteiger partial charge in [-0.25, -0.2) is 0 Å². The summed E-state index contributed by atoms with van der Waals surface area (Å²) >= 11 is 0. The highest BCUT2D eigenvalue weighted by molar-refractivity contribution is 5.55. The average Bonchev–Trinajstić information content (AvgIpc) is 2.52. The van der Waals surface area contributed by atoms with Gasteiger partial charge in [0.2, 0.25) is 0 Å². The molecular formula is C21H35N3O. The van der Waals surface area contributed by atoms with Gasteiger partial charge in [-0.15, -0.1) is 0 Å². The second-order valence-electron chi connectivity index (χ2n) is 9.19. The molecule has 1 saturated heterocycles. The summed E-state index contributed by atoms with van der Waals surface area (Å²) in [4.78, 5) is 2.44. The molecule has 4 nitrogen and oxygen atoms in total. The predicted molar refractivity (Wildman–Crippen MR) is 106 cm³/mol. The van der Waals surface area contributed by atoms with Crippen molar-refractivity contribution in [2.24, 2.45) is 11.7 Å². The van der Waals surface area contributed by atoms with E-state index >= 15 is 0 Å². The Bertz CT molecular complexity index is 543. The summed E-state index contributed by atoms with van der Waals surface area (Å²) in [5, 5.41) is 3.61. The molecule has 140 valence electrons. The first-order valence-electron chi connectivity index (χ1n) is 9.77. The number of nitrogens with one attached hydrogen (secondary N) is 1. The van der Waals surface area contributed by atoms with Gasteiger partial charge < -0.3 is 20.7 Å². The van der Waals surface area contributed by atoms with Gasteiger partial charge in [-0.2, -0.15) is 0 Å². The van der Waals surface area contributed by atoms with Crippen molar-refractivity contribution in [2.45, 2.75) is 70.6 Å². The van der Waals surface area contributed by atoms with Crippen LogP contribution in [-0.2, 0) is 4.74 Å². The minimum absolute atomic E-state index is 0.124. The van der Waals surface area contributed by atoms with Crippen LogP contribution in [0.2, 0.25) is 0 Å². The van der Waals surface area contributed by atoms with Gasteiger partial charge in [0.15, 0.2) is 0 Å². The SMILES string of the molecule is CC1(C)CN(c2ccc(NCC3CCC(N)CC3)cc2)CC(C)(C)O1. The van der Waals surface area contributed by atoms with E-state index in [0.717, 1.165) is 25.6 Å². The van der Waals surface area contributed by atoms with Crippen LogP contribution in [-0.4, -0.2) is 36.9 Å². The Morgan fingerprint density at radius 3 is 2.12 bits per heavy atom. The third-order valence-electron chi connectivity index (χ3n) is 5.41. The zero-order chi connectivity index (χ0) is 18.1. The number of morpholine rings is 1. The molecule has 3 N–H and O–H groups in total. The maximum Gasteiger partial charge on any atom is 0.0808 e. The molecule has 0 radical (unpaired) electrons. The van der Waals surface area contributed by atoms with Gasteiger partial charge in [0.1, 0.15) is 0 Å². The zero-order valence-electron chi connectivity index (χ0n) is 16.3. The maximum absolute atomic E-state index is 6.19. The fraction of sp³-hybridized carbons (Fsp3) is 0.714. The molecule has 1 aromatic carbocycles. The number of benzene rings is 1. The monoisotopic (exact) mass is 345 g/mol. The summed E-state index contributed by atoms with van der Waals surface area (Å²) in [5.74, 6) is 0.764. The molecule has 1 aliphatic heterocycles. The standard InChI is InChI=1S/C21H35N3O/c1-20(2)14-24(15-21(3,4)25-20)19-11-9-18(10-12-19)23-13-16-5-7-17(22)8-6-16/h9-12,16-17,23H,5-8,13-15,22H2,1-4H3. The molecule has 1 saturated carbocycles. The minimum Gasteiger partial charge on any atom is -0.385 e. The Balaban J connectivity index is 1.56. The summed E-state index contributed by atoms with van der Waals surface area (Å²) in [6.45, 7) is 11.6. The van der Waals surface area contributed by atoms with Gasteiger partial charge in [-0.1, -0.05) is 0 Å². The quantitative estimate of drug-likeness (QED) is 0.866. The smallest absolute Gasteiger partial charge is 0.0808 e. The molecule has 25 heavy (non-hydrogen) atoms. The van der Waals surface area contributed by atoms with Crippen LogP contribution in [0.4, 0.5) is 11.4 Å².